The van der Waals surface area contributed by atoms with Gasteiger partial charge in [0, 0.05) is 31.9 Å². The highest BCUT2D eigenvalue weighted by atomic mass is 16.7. The number of carboxylic acids is 1. The smallest absolute Gasteiger partial charge is 0.364 e. The SMILES string of the molecule is C#CCCCCO[C@]1(C(=O)O)C[C@H](O)[C@@H](NC(C)=O)C([C@H](O)[C@H](O)CNC(=O)c2ccccc2)O1. The van der Waals surface area contributed by atoms with Gasteiger partial charge in [0.25, 0.3) is 11.7 Å². The van der Waals surface area contributed by atoms with Gasteiger partial charge in [0.15, 0.2) is 0 Å². The monoisotopic (exact) mass is 492 g/mol. The summed E-state index contributed by atoms with van der Waals surface area (Å²) in [6, 6.07) is 6.93. The maximum absolute atomic E-state index is 12.3. The van der Waals surface area contributed by atoms with Crippen molar-refractivity contribution in [2.75, 3.05) is 13.2 Å². The molecule has 1 aromatic carbocycles. The molecule has 0 spiro atoms. The first-order valence-electron chi connectivity index (χ1n) is 11.2. The van der Waals surface area contributed by atoms with Crippen LogP contribution in [0.4, 0.5) is 0 Å². The van der Waals surface area contributed by atoms with Gasteiger partial charge < -0.3 is 40.5 Å². The highest BCUT2D eigenvalue weighted by molar-refractivity contribution is 5.94. The number of aliphatic carboxylic acids is 1. The molecular formula is C24H32N2O9. The average Bonchev–Trinajstić information content (AvgIpc) is 2.83. The van der Waals surface area contributed by atoms with E-state index in [9.17, 15) is 34.8 Å². The molecule has 1 fully saturated rings. The summed E-state index contributed by atoms with van der Waals surface area (Å²) >= 11 is 0. The molecule has 192 valence electrons. The fourth-order valence-electron chi connectivity index (χ4n) is 3.74. The fraction of sp³-hybridized carbons (Fsp3) is 0.542. The molecule has 0 aromatic heterocycles. The van der Waals surface area contributed by atoms with E-state index in [-0.39, 0.29) is 6.61 Å². The van der Waals surface area contributed by atoms with Gasteiger partial charge in [-0.2, -0.15) is 0 Å². The topological polar surface area (TPSA) is 175 Å². The Hall–Kier alpha value is -3.01. The predicted molar refractivity (Wildman–Crippen MR) is 123 cm³/mol. The Balaban J connectivity index is 2.17. The lowest BCUT2D eigenvalue weighted by atomic mass is 9.88. The van der Waals surface area contributed by atoms with Crippen molar-refractivity contribution < 1.29 is 44.3 Å². The number of carbonyl (C=O) groups is 3. The average molecular weight is 493 g/mol. The molecule has 1 aliphatic rings. The first-order valence-corrected chi connectivity index (χ1v) is 11.2. The molecule has 1 saturated heterocycles. The molecule has 2 rings (SSSR count). The van der Waals surface area contributed by atoms with Gasteiger partial charge >= 0.3 is 5.97 Å². The lowest BCUT2D eigenvalue weighted by Gasteiger charge is -2.46. The van der Waals surface area contributed by atoms with Gasteiger partial charge in [-0.3, -0.25) is 9.59 Å². The molecule has 0 saturated carbocycles. The van der Waals surface area contributed by atoms with Crippen LogP contribution < -0.4 is 10.6 Å². The van der Waals surface area contributed by atoms with Crippen molar-refractivity contribution in [3.63, 3.8) is 0 Å². The van der Waals surface area contributed by atoms with Crippen molar-refractivity contribution in [1.29, 1.82) is 0 Å². The van der Waals surface area contributed by atoms with Crippen LogP contribution in [-0.2, 0) is 19.1 Å². The highest BCUT2D eigenvalue weighted by Gasteiger charge is 2.55. The lowest BCUT2D eigenvalue weighted by Crippen LogP contribution is -2.68. The summed E-state index contributed by atoms with van der Waals surface area (Å²) in [5.41, 5.74) is 0.331. The summed E-state index contributed by atoms with van der Waals surface area (Å²) in [6.45, 7) is 0.711. The zero-order valence-electron chi connectivity index (χ0n) is 19.4. The summed E-state index contributed by atoms with van der Waals surface area (Å²) in [6.07, 6.45) is -0.351. The number of hydrogen-bond acceptors (Lipinski definition) is 8. The van der Waals surface area contributed by atoms with E-state index in [2.05, 4.69) is 16.6 Å². The van der Waals surface area contributed by atoms with E-state index >= 15 is 0 Å². The van der Waals surface area contributed by atoms with Gasteiger partial charge in [-0.1, -0.05) is 18.2 Å². The van der Waals surface area contributed by atoms with Crippen molar-refractivity contribution in [3.05, 3.63) is 35.9 Å². The number of nitrogens with one attached hydrogen (secondary N) is 2. The zero-order valence-corrected chi connectivity index (χ0v) is 19.4. The molecule has 11 heteroatoms. The number of benzene rings is 1. The minimum atomic E-state index is -2.33. The predicted octanol–water partition coefficient (Wildman–Crippen LogP) is -0.606. The number of carbonyl (C=O) groups excluding carboxylic acids is 2. The lowest BCUT2D eigenvalue weighted by molar-refractivity contribution is -0.310. The molecular weight excluding hydrogens is 460 g/mol. The molecule has 1 aromatic rings. The summed E-state index contributed by atoms with van der Waals surface area (Å²) in [7, 11) is 0. The first-order chi connectivity index (χ1) is 16.6. The van der Waals surface area contributed by atoms with Crippen molar-refractivity contribution in [2.24, 2.45) is 0 Å². The fourth-order valence-corrected chi connectivity index (χ4v) is 3.74. The molecule has 35 heavy (non-hydrogen) atoms. The third-order valence-electron chi connectivity index (χ3n) is 5.56. The summed E-state index contributed by atoms with van der Waals surface area (Å²) in [4.78, 5) is 36.0. The van der Waals surface area contributed by atoms with E-state index in [1.54, 1.807) is 30.3 Å². The molecule has 6 atom stereocenters. The van der Waals surface area contributed by atoms with E-state index < -0.39 is 67.0 Å². The van der Waals surface area contributed by atoms with Crippen molar-refractivity contribution in [1.82, 2.24) is 10.6 Å². The second kappa shape index (κ2) is 13.2. The Labute approximate surface area is 203 Å². The van der Waals surface area contributed by atoms with Crippen LogP contribution in [0.2, 0.25) is 0 Å². The maximum atomic E-state index is 12.3. The van der Waals surface area contributed by atoms with E-state index in [4.69, 9.17) is 15.9 Å². The second-order valence-corrected chi connectivity index (χ2v) is 8.28. The van der Waals surface area contributed by atoms with Crippen LogP contribution in [0, 0.1) is 12.3 Å². The third kappa shape index (κ3) is 7.74. The van der Waals surface area contributed by atoms with Gasteiger partial charge in [-0.15, -0.1) is 12.3 Å². The Morgan fingerprint density at radius 1 is 1.26 bits per heavy atom. The molecule has 1 unspecified atom stereocenters. The van der Waals surface area contributed by atoms with Crippen LogP contribution in [0.25, 0.3) is 0 Å². The maximum Gasteiger partial charge on any atom is 0.364 e. The standard InChI is InChI=1S/C24H32N2O9/c1-3-4-5-9-12-34-24(23(32)33)13-17(28)19(26-15(2)27)21(35-24)20(30)18(29)14-25-22(31)16-10-7-6-8-11-16/h1,6-8,10-11,17-21,28-30H,4-5,9,12-14H2,2H3,(H,25,31)(H,26,27)(H,32,33)/t17-,18+,19+,20+,21?,24+/m0/s1. The van der Waals surface area contributed by atoms with E-state index in [0.717, 1.165) is 0 Å². The molecule has 0 radical (unpaired) electrons. The van der Waals surface area contributed by atoms with Gasteiger partial charge in [-0.05, 0) is 25.0 Å². The molecule has 11 nitrogen and oxygen atoms in total. The number of aliphatic hydroxyl groups excluding tert-OH is 3. The number of ether oxygens (including phenoxy) is 2. The van der Waals surface area contributed by atoms with Crippen molar-refractivity contribution >= 4 is 17.8 Å². The number of terminal acetylenes is 1. The molecule has 0 bridgehead atoms. The van der Waals surface area contributed by atoms with Crippen LogP contribution in [0.15, 0.2) is 30.3 Å². The number of carboxylic acid groups (broad SMARTS) is 1. The third-order valence-corrected chi connectivity index (χ3v) is 5.56. The van der Waals surface area contributed by atoms with Crippen LogP contribution in [-0.4, -0.2) is 87.6 Å². The Morgan fingerprint density at radius 2 is 1.94 bits per heavy atom. The number of amides is 2. The Kier molecular flexibility index (Phi) is 10.6. The minimum absolute atomic E-state index is 0.0516. The van der Waals surface area contributed by atoms with Gasteiger partial charge in [0.2, 0.25) is 5.91 Å². The quantitative estimate of drug-likeness (QED) is 0.164. The van der Waals surface area contributed by atoms with Gasteiger partial charge in [-0.25, -0.2) is 4.79 Å². The highest BCUT2D eigenvalue weighted by Crippen LogP contribution is 2.33. The normalized spacial score (nSPS) is 25.6. The largest absolute Gasteiger partial charge is 0.477 e. The van der Waals surface area contributed by atoms with E-state index in [0.29, 0.717) is 24.8 Å². The Bertz CT molecular complexity index is 904. The number of aliphatic hydroxyl groups is 3. The van der Waals surface area contributed by atoms with E-state index in [1.165, 1.54) is 6.92 Å². The Morgan fingerprint density at radius 3 is 2.54 bits per heavy atom. The number of rotatable bonds is 12. The van der Waals surface area contributed by atoms with Crippen molar-refractivity contribution in [2.45, 2.75) is 68.9 Å². The zero-order chi connectivity index (χ0) is 26.0. The summed E-state index contributed by atoms with van der Waals surface area (Å²) in [5, 5.41) is 46.8. The molecule has 1 aliphatic heterocycles. The molecule has 1 heterocycles. The first kappa shape index (κ1) is 28.2. The van der Waals surface area contributed by atoms with Crippen LogP contribution in [0.5, 0.6) is 0 Å². The summed E-state index contributed by atoms with van der Waals surface area (Å²) < 4.78 is 11.1. The number of hydrogen-bond donors (Lipinski definition) is 6. The van der Waals surface area contributed by atoms with E-state index in [1.807, 2.05) is 0 Å². The van der Waals surface area contributed by atoms with Crippen LogP contribution in [0.1, 0.15) is 43.0 Å². The van der Waals surface area contributed by atoms with Crippen molar-refractivity contribution in [3.8, 4) is 12.3 Å². The van der Waals surface area contributed by atoms with Gasteiger partial charge in [0.1, 0.15) is 12.2 Å². The summed E-state index contributed by atoms with van der Waals surface area (Å²) in [5.74, 6) is -2.49. The minimum Gasteiger partial charge on any atom is -0.477 e. The second-order valence-electron chi connectivity index (χ2n) is 8.28. The number of unbranched alkanes of at least 4 members (excludes halogenated alkanes) is 2. The van der Waals surface area contributed by atoms with Gasteiger partial charge in [0.05, 0.1) is 24.9 Å². The molecule has 6 N–H and O–H groups in total. The molecule has 2 amide bonds. The van der Waals surface area contributed by atoms with Crippen LogP contribution >= 0.6 is 0 Å². The molecule has 0 aliphatic carbocycles. The van der Waals surface area contributed by atoms with Crippen LogP contribution in [0.3, 0.4) is 0 Å².